The van der Waals surface area contributed by atoms with Crippen molar-refractivity contribution in [1.82, 2.24) is 0 Å². The van der Waals surface area contributed by atoms with Gasteiger partial charge in [-0.1, -0.05) is 25.0 Å². The molecule has 1 nitrogen and oxygen atoms in total. The Balaban J connectivity index is 1.62. The van der Waals surface area contributed by atoms with E-state index in [1.54, 1.807) is 12.1 Å². The predicted octanol–water partition coefficient (Wildman–Crippen LogP) is 5.56. The summed E-state index contributed by atoms with van der Waals surface area (Å²) in [4.78, 5) is 0. The summed E-state index contributed by atoms with van der Waals surface area (Å²) in [6.07, 6.45) is 12.7. The van der Waals surface area contributed by atoms with Crippen LogP contribution in [-0.4, -0.2) is 0 Å². The molecule has 118 valence electrons. The van der Waals surface area contributed by atoms with E-state index in [0.717, 1.165) is 30.7 Å². The molecule has 0 aliphatic heterocycles. The van der Waals surface area contributed by atoms with E-state index in [4.69, 9.17) is 5.26 Å². The van der Waals surface area contributed by atoms with E-state index in [1.807, 2.05) is 6.08 Å². The fourth-order valence-electron chi connectivity index (χ4n) is 3.31. The number of nitriles is 1. The van der Waals surface area contributed by atoms with Gasteiger partial charge in [-0.3, -0.25) is 0 Å². The Hall–Kier alpha value is -1.69. The quantitative estimate of drug-likeness (QED) is 0.498. The standard InChI is InChI=1S/C19H23F2N/c20-18-12-11-17(14-19(18)21)5-2-1-4-15-7-9-16(10-8-15)6-3-13-22/h3,6,11-12,14-16H,1-2,4-5,7-10H2. The van der Waals surface area contributed by atoms with E-state index in [-0.39, 0.29) is 0 Å². The van der Waals surface area contributed by atoms with Gasteiger partial charge < -0.3 is 0 Å². The Morgan fingerprint density at radius 1 is 1.09 bits per heavy atom. The fraction of sp³-hybridized carbons (Fsp3) is 0.526. The normalized spacial score (nSPS) is 21.9. The van der Waals surface area contributed by atoms with Crippen molar-refractivity contribution >= 4 is 0 Å². The highest BCUT2D eigenvalue weighted by molar-refractivity contribution is 5.17. The molecule has 0 spiro atoms. The first-order chi connectivity index (χ1) is 10.7. The van der Waals surface area contributed by atoms with Gasteiger partial charge in [-0.25, -0.2) is 8.78 Å². The molecule has 3 heteroatoms. The van der Waals surface area contributed by atoms with Crippen molar-refractivity contribution in [2.75, 3.05) is 0 Å². The van der Waals surface area contributed by atoms with E-state index in [0.29, 0.717) is 5.92 Å². The molecule has 0 bridgehead atoms. The molecule has 1 fully saturated rings. The molecule has 2 rings (SSSR count). The first-order valence-corrected chi connectivity index (χ1v) is 8.19. The first-order valence-electron chi connectivity index (χ1n) is 8.19. The highest BCUT2D eigenvalue weighted by atomic mass is 19.2. The maximum atomic E-state index is 13.1. The van der Waals surface area contributed by atoms with Crippen LogP contribution in [0.3, 0.4) is 0 Å². The van der Waals surface area contributed by atoms with E-state index < -0.39 is 11.6 Å². The molecule has 0 saturated heterocycles. The molecule has 0 N–H and O–H groups in total. The summed E-state index contributed by atoms with van der Waals surface area (Å²) in [7, 11) is 0. The number of halogens is 2. The van der Waals surface area contributed by atoms with Gasteiger partial charge in [0.2, 0.25) is 0 Å². The van der Waals surface area contributed by atoms with E-state index in [9.17, 15) is 8.78 Å². The lowest BCUT2D eigenvalue weighted by molar-refractivity contribution is 0.289. The third-order valence-corrected chi connectivity index (χ3v) is 4.65. The molecule has 22 heavy (non-hydrogen) atoms. The molecular weight excluding hydrogens is 280 g/mol. The van der Waals surface area contributed by atoms with E-state index in [1.165, 1.54) is 44.2 Å². The minimum absolute atomic E-state index is 0.582. The topological polar surface area (TPSA) is 23.8 Å². The van der Waals surface area contributed by atoms with Crippen molar-refractivity contribution in [2.45, 2.75) is 51.4 Å². The van der Waals surface area contributed by atoms with Crippen molar-refractivity contribution < 1.29 is 8.78 Å². The number of aryl methyl sites for hydroxylation is 1. The van der Waals surface area contributed by atoms with Crippen molar-refractivity contribution in [2.24, 2.45) is 11.8 Å². The van der Waals surface area contributed by atoms with Gasteiger partial charge in [0.05, 0.1) is 6.07 Å². The molecule has 1 aliphatic carbocycles. The van der Waals surface area contributed by atoms with Gasteiger partial charge in [0.1, 0.15) is 0 Å². The summed E-state index contributed by atoms with van der Waals surface area (Å²) in [6.45, 7) is 0. The minimum atomic E-state index is -0.772. The lowest BCUT2D eigenvalue weighted by atomic mass is 9.79. The summed E-state index contributed by atoms with van der Waals surface area (Å²) < 4.78 is 25.9. The maximum Gasteiger partial charge on any atom is 0.159 e. The van der Waals surface area contributed by atoms with Gasteiger partial charge in [-0.15, -0.1) is 0 Å². The molecule has 1 aromatic rings. The average molecular weight is 303 g/mol. The number of benzene rings is 1. The molecule has 0 amide bonds. The van der Waals surface area contributed by atoms with Gasteiger partial charge in [-0.05, 0) is 68.1 Å². The number of hydrogen-bond acceptors (Lipinski definition) is 1. The predicted molar refractivity (Wildman–Crippen MR) is 84.1 cm³/mol. The van der Waals surface area contributed by atoms with Crippen LogP contribution in [0.4, 0.5) is 8.78 Å². The van der Waals surface area contributed by atoms with Crippen LogP contribution in [0.15, 0.2) is 30.4 Å². The highest BCUT2D eigenvalue weighted by Gasteiger charge is 2.18. The monoisotopic (exact) mass is 303 g/mol. The smallest absolute Gasteiger partial charge is 0.159 e. The van der Waals surface area contributed by atoms with E-state index in [2.05, 4.69) is 6.07 Å². The molecule has 0 aromatic heterocycles. The number of allylic oxidation sites excluding steroid dienone is 2. The fourth-order valence-corrected chi connectivity index (χ4v) is 3.31. The van der Waals surface area contributed by atoms with Crippen LogP contribution in [-0.2, 0) is 6.42 Å². The van der Waals surface area contributed by atoms with Crippen LogP contribution in [0.1, 0.15) is 50.5 Å². The Morgan fingerprint density at radius 2 is 1.86 bits per heavy atom. The largest absolute Gasteiger partial charge is 0.204 e. The van der Waals surface area contributed by atoms with Crippen LogP contribution < -0.4 is 0 Å². The van der Waals surface area contributed by atoms with Crippen molar-refractivity contribution in [3.05, 3.63) is 47.5 Å². The zero-order valence-corrected chi connectivity index (χ0v) is 12.9. The van der Waals surface area contributed by atoms with Crippen LogP contribution >= 0.6 is 0 Å². The molecule has 0 atom stereocenters. The molecule has 1 aliphatic rings. The van der Waals surface area contributed by atoms with Gasteiger partial charge in [0.25, 0.3) is 0 Å². The lowest BCUT2D eigenvalue weighted by Crippen LogP contribution is -2.13. The first kappa shape index (κ1) is 16.7. The van der Waals surface area contributed by atoms with Crippen LogP contribution in [0.2, 0.25) is 0 Å². The average Bonchev–Trinajstić information content (AvgIpc) is 2.54. The Morgan fingerprint density at radius 3 is 2.55 bits per heavy atom. The van der Waals surface area contributed by atoms with Gasteiger partial charge in [0.15, 0.2) is 11.6 Å². The SMILES string of the molecule is N#CC=CC1CCC(CCCCc2ccc(F)c(F)c2)CC1. The summed E-state index contributed by atoms with van der Waals surface area (Å²) in [5, 5.41) is 8.54. The van der Waals surface area contributed by atoms with Crippen LogP contribution in [0.25, 0.3) is 0 Å². The number of nitrogens with zero attached hydrogens (tertiary/aromatic N) is 1. The highest BCUT2D eigenvalue weighted by Crippen LogP contribution is 2.32. The van der Waals surface area contributed by atoms with E-state index >= 15 is 0 Å². The molecule has 0 heterocycles. The van der Waals surface area contributed by atoms with Gasteiger partial charge in [0, 0.05) is 6.08 Å². The lowest BCUT2D eigenvalue weighted by Gasteiger charge is -2.26. The Kier molecular flexibility index (Phi) is 6.58. The Bertz CT molecular complexity index is 537. The zero-order chi connectivity index (χ0) is 15.8. The van der Waals surface area contributed by atoms with Crippen LogP contribution in [0.5, 0.6) is 0 Å². The van der Waals surface area contributed by atoms with Crippen LogP contribution in [0, 0.1) is 34.8 Å². The molecule has 0 unspecified atom stereocenters. The maximum absolute atomic E-state index is 13.1. The number of unbranched alkanes of at least 4 members (excludes halogenated alkanes) is 1. The molecular formula is C19H23F2N. The van der Waals surface area contributed by atoms with Crippen molar-refractivity contribution in [3.63, 3.8) is 0 Å². The summed E-state index contributed by atoms with van der Waals surface area (Å²) in [5.41, 5.74) is 0.879. The summed E-state index contributed by atoms with van der Waals surface area (Å²) in [5.74, 6) is -0.151. The van der Waals surface area contributed by atoms with Gasteiger partial charge in [-0.2, -0.15) is 5.26 Å². The molecule has 1 saturated carbocycles. The zero-order valence-electron chi connectivity index (χ0n) is 12.9. The number of rotatable bonds is 6. The third kappa shape index (κ3) is 5.26. The number of hydrogen-bond donors (Lipinski definition) is 0. The van der Waals surface area contributed by atoms with Gasteiger partial charge >= 0.3 is 0 Å². The van der Waals surface area contributed by atoms with Crippen molar-refractivity contribution in [1.29, 1.82) is 5.26 Å². The second kappa shape index (κ2) is 8.68. The second-order valence-electron chi connectivity index (χ2n) is 6.26. The molecule has 0 radical (unpaired) electrons. The Labute approximate surface area is 131 Å². The molecule has 1 aromatic carbocycles. The summed E-state index contributed by atoms with van der Waals surface area (Å²) >= 11 is 0. The van der Waals surface area contributed by atoms with Crippen molar-refractivity contribution in [3.8, 4) is 6.07 Å². The second-order valence-corrected chi connectivity index (χ2v) is 6.26. The summed E-state index contributed by atoms with van der Waals surface area (Å²) in [6, 6.07) is 6.25. The minimum Gasteiger partial charge on any atom is -0.204 e. The third-order valence-electron chi connectivity index (χ3n) is 4.65.